The van der Waals surface area contributed by atoms with E-state index in [0.29, 0.717) is 13.2 Å². The highest BCUT2D eigenvalue weighted by atomic mass is 16.5. The van der Waals surface area contributed by atoms with Gasteiger partial charge in [-0.3, -0.25) is 4.79 Å². The van der Waals surface area contributed by atoms with E-state index in [1.807, 2.05) is 42.5 Å². The third-order valence-electron chi connectivity index (χ3n) is 4.41. The molecule has 1 N–H and O–H groups in total. The van der Waals surface area contributed by atoms with Gasteiger partial charge in [0.15, 0.2) is 0 Å². The van der Waals surface area contributed by atoms with Crippen molar-refractivity contribution in [2.45, 2.75) is 25.8 Å². The summed E-state index contributed by atoms with van der Waals surface area (Å²) in [4.78, 5) is 15.2. The van der Waals surface area contributed by atoms with Crippen LogP contribution in [0.25, 0.3) is 11.0 Å². The van der Waals surface area contributed by atoms with Crippen molar-refractivity contribution in [3.8, 4) is 11.5 Å². The maximum Gasteiger partial charge on any atom is 0.207 e. The quantitative estimate of drug-likeness (QED) is 0.418. The average molecular weight is 367 g/mol. The number of rotatable bonds is 11. The number of aryl methyl sites for hydroxylation is 1. The molecule has 1 amide bonds. The Kier molecular flexibility index (Phi) is 6.68. The molecule has 0 aliphatic heterocycles. The lowest BCUT2D eigenvalue weighted by Crippen LogP contribution is -2.17. The van der Waals surface area contributed by atoms with E-state index < -0.39 is 0 Å². The molecule has 142 valence electrons. The van der Waals surface area contributed by atoms with Crippen molar-refractivity contribution in [3.63, 3.8) is 0 Å². The molecule has 3 rings (SSSR count). The summed E-state index contributed by atoms with van der Waals surface area (Å²) >= 11 is 0. The smallest absolute Gasteiger partial charge is 0.207 e. The maximum absolute atomic E-state index is 10.5. The zero-order valence-electron chi connectivity index (χ0n) is 15.6. The first kappa shape index (κ1) is 18.8. The summed E-state index contributed by atoms with van der Waals surface area (Å²) in [6.07, 6.45) is 3.38. The summed E-state index contributed by atoms with van der Waals surface area (Å²) in [7, 11) is 1.65. The van der Waals surface area contributed by atoms with E-state index in [0.717, 1.165) is 60.6 Å². The fourth-order valence-electron chi connectivity index (χ4n) is 3.04. The molecule has 0 saturated heterocycles. The second-order valence-electron chi connectivity index (χ2n) is 6.22. The zero-order valence-corrected chi connectivity index (χ0v) is 15.6. The number of aromatic nitrogens is 2. The number of para-hydroxylation sites is 2. The van der Waals surface area contributed by atoms with Crippen molar-refractivity contribution in [2.75, 3.05) is 20.3 Å². The summed E-state index contributed by atoms with van der Waals surface area (Å²) in [5.74, 6) is 2.68. The third kappa shape index (κ3) is 5.00. The molecule has 0 saturated carbocycles. The fourth-order valence-corrected chi connectivity index (χ4v) is 3.04. The molecule has 0 aliphatic carbocycles. The van der Waals surface area contributed by atoms with Crippen molar-refractivity contribution in [3.05, 3.63) is 54.4 Å². The number of nitrogens with zero attached hydrogens (tertiary/aromatic N) is 2. The largest absolute Gasteiger partial charge is 0.497 e. The van der Waals surface area contributed by atoms with Crippen LogP contribution in [0.4, 0.5) is 0 Å². The Hall–Kier alpha value is -3.02. The molecule has 3 aromatic rings. The monoisotopic (exact) mass is 367 g/mol. The number of carbonyl (C=O) groups is 1. The predicted molar refractivity (Wildman–Crippen MR) is 105 cm³/mol. The van der Waals surface area contributed by atoms with Crippen LogP contribution in [0.2, 0.25) is 0 Å². The standard InChI is InChI=1S/C21H25N3O3/c1-26-17-8-10-18(11-9-17)27-15-5-4-14-24-20-7-3-2-6-19(20)23-21(24)12-13-22-16-25/h2-3,6-11,16H,4-5,12-15H2,1H3,(H,22,25). The van der Waals surface area contributed by atoms with Gasteiger partial charge in [0.25, 0.3) is 0 Å². The van der Waals surface area contributed by atoms with Crippen molar-refractivity contribution in [1.29, 1.82) is 0 Å². The van der Waals surface area contributed by atoms with Crippen molar-refractivity contribution in [2.24, 2.45) is 0 Å². The van der Waals surface area contributed by atoms with Gasteiger partial charge in [-0.1, -0.05) is 12.1 Å². The van der Waals surface area contributed by atoms with Gasteiger partial charge in [-0.05, 0) is 49.2 Å². The number of fused-ring (bicyclic) bond motifs is 1. The molecular formula is C21H25N3O3. The number of amides is 1. The molecule has 0 unspecified atom stereocenters. The van der Waals surface area contributed by atoms with Crippen LogP contribution in [-0.2, 0) is 17.8 Å². The number of benzene rings is 2. The van der Waals surface area contributed by atoms with Gasteiger partial charge >= 0.3 is 0 Å². The first-order valence-corrected chi connectivity index (χ1v) is 9.20. The van der Waals surface area contributed by atoms with Gasteiger partial charge < -0.3 is 19.4 Å². The van der Waals surface area contributed by atoms with Gasteiger partial charge in [0.05, 0.1) is 24.8 Å². The average Bonchev–Trinajstić information content (AvgIpc) is 3.06. The lowest BCUT2D eigenvalue weighted by Gasteiger charge is -2.10. The number of carbonyl (C=O) groups excluding carboxylic acids is 1. The minimum Gasteiger partial charge on any atom is -0.497 e. The highest BCUT2D eigenvalue weighted by Gasteiger charge is 2.09. The van der Waals surface area contributed by atoms with Crippen LogP contribution < -0.4 is 14.8 Å². The highest BCUT2D eigenvalue weighted by molar-refractivity contribution is 5.75. The van der Waals surface area contributed by atoms with Gasteiger partial charge in [0.1, 0.15) is 17.3 Å². The second-order valence-corrected chi connectivity index (χ2v) is 6.22. The molecule has 0 atom stereocenters. The molecule has 2 aromatic carbocycles. The lowest BCUT2D eigenvalue weighted by molar-refractivity contribution is -0.109. The van der Waals surface area contributed by atoms with Crippen LogP contribution in [0.3, 0.4) is 0 Å². The van der Waals surface area contributed by atoms with E-state index in [-0.39, 0.29) is 0 Å². The second kappa shape index (κ2) is 9.62. The molecule has 0 aliphatic rings. The normalized spacial score (nSPS) is 10.7. The first-order chi connectivity index (χ1) is 13.3. The van der Waals surface area contributed by atoms with Gasteiger partial charge in [0, 0.05) is 19.5 Å². The molecule has 1 heterocycles. The van der Waals surface area contributed by atoms with Gasteiger partial charge in [-0.2, -0.15) is 0 Å². The Bertz CT molecular complexity index is 859. The topological polar surface area (TPSA) is 65.4 Å². The van der Waals surface area contributed by atoms with E-state index in [2.05, 4.69) is 16.0 Å². The maximum atomic E-state index is 10.5. The zero-order chi connectivity index (χ0) is 18.9. The number of ether oxygens (including phenoxy) is 2. The van der Waals surface area contributed by atoms with Crippen LogP contribution in [-0.4, -0.2) is 36.2 Å². The molecule has 0 fully saturated rings. The Morgan fingerprint density at radius 1 is 1.07 bits per heavy atom. The summed E-state index contributed by atoms with van der Waals surface area (Å²) in [5.41, 5.74) is 2.13. The number of nitrogens with one attached hydrogen (secondary N) is 1. The molecule has 0 radical (unpaired) electrons. The van der Waals surface area contributed by atoms with Crippen molar-refractivity contribution < 1.29 is 14.3 Å². The number of hydrogen-bond acceptors (Lipinski definition) is 4. The highest BCUT2D eigenvalue weighted by Crippen LogP contribution is 2.19. The molecule has 27 heavy (non-hydrogen) atoms. The number of hydrogen-bond donors (Lipinski definition) is 1. The van der Waals surface area contributed by atoms with E-state index in [4.69, 9.17) is 14.5 Å². The fraction of sp³-hybridized carbons (Fsp3) is 0.333. The van der Waals surface area contributed by atoms with Crippen molar-refractivity contribution >= 4 is 17.4 Å². The van der Waals surface area contributed by atoms with Crippen LogP contribution in [0.1, 0.15) is 18.7 Å². The number of methoxy groups -OCH3 is 1. The Labute approximate surface area is 159 Å². The molecule has 0 bridgehead atoms. The molecular weight excluding hydrogens is 342 g/mol. The van der Waals surface area contributed by atoms with E-state index in [1.54, 1.807) is 7.11 Å². The van der Waals surface area contributed by atoms with E-state index in [9.17, 15) is 4.79 Å². The summed E-state index contributed by atoms with van der Waals surface area (Å²) in [5, 5.41) is 2.71. The predicted octanol–water partition coefficient (Wildman–Crippen LogP) is 3.19. The van der Waals surface area contributed by atoms with Gasteiger partial charge in [-0.15, -0.1) is 0 Å². The summed E-state index contributed by atoms with van der Waals surface area (Å²) < 4.78 is 13.2. The summed E-state index contributed by atoms with van der Waals surface area (Å²) in [6, 6.07) is 15.8. The molecule has 0 spiro atoms. The summed E-state index contributed by atoms with van der Waals surface area (Å²) in [6.45, 7) is 2.14. The molecule has 1 aromatic heterocycles. The SMILES string of the molecule is COc1ccc(OCCCCn2c(CCNC=O)nc3ccccc32)cc1. The molecule has 6 heteroatoms. The van der Waals surface area contributed by atoms with Crippen LogP contribution >= 0.6 is 0 Å². The van der Waals surface area contributed by atoms with Crippen molar-refractivity contribution in [1.82, 2.24) is 14.9 Å². The van der Waals surface area contributed by atoms with Crippen LogP contribution in [0.15, 0.2) is 48.5 Å². The Balaban J connectivity index is 1.54. The van der Waals surface area contributed by atoms with Gasteiger partial charge in [0.2, 0.25) is 6.41 Å². The lowest BCUT2D eigenvalue weighted by atomic mass is 10.2. The number of imidazole rings is 1. The van der Waals surface area contributed by atoms with E-state index in [1.165, 1.54) is 0 Å². The van der Waals surface area contributed by atoms with Crippen LogP contribution in [0, 0.1) is 0 Å². The Morgan fingerprint density at radius 3 is 2.63 bits per heavy atom. The molecule has 6 nitrogen and oxygen atoms in total. The van der Waals surface area contributed by atoms with E-state index >= 15 is 0 Å². The first-order valence-electron chi connectivity index (χ1n) is 9.20. The number of unbranched alkanes of at least 4 members (excludes halogenated alkanes) is 1. The minimum absolute atomic E-state index is 0.591. The van der Waals surface area contributed by atoms with Gasteiger partial charge in [-0.25, -0.2) is 4.98 Å². The third-order valence-corrected chi connectivity index (χ3v) is 4.41. The Morgan fingerprint density at radius 2 is 1.85 bits per heavy atom. The van der Waals surface area contributed by atoms with Crippen LogP contribution in [0.5, 0.6) is 11.5 Å². The minimum atomic E-state index is 0.591.